The molecule has 0 amide bonds. The van der Waals surface area contributed by atoms with Crippen LogP contribution in [0.2, 0.25) is 0 Å². The number of nitrogen functional groups attached to an aromatic ring is 1. The molecule has 2 aromatic rings. The first-order chi connectivity index (χ1) is 12.7. The number of hydrogen-bond donors (Lipinski definition) is 1. The van der Waals surface area contributed by atoms with Crippen LogP contribution in [0.4, 0.5) is 5.82 Å². The number of carbonyl (C=O) groups is 1. The highest BCUT2D eigenvalue weighted by Crippen LogP contribution is 2.16. The van der Waals surface area contributed by atoms with Crippen molar-refractivity contribution in [2.45, 2.75) is 26.4 Å². The number of likely N-dealkylation sites (N-methyl/N-ethyl adjacent to an activating group) is 1. The van der Waals surface area contributed by atoms with Crippen molar-refractivity contribution < 1.29 is 9.53 Å². The van der Waals surface area contributed by atoms with Crippen molar-refractivity contribution in [1.29, 1.82) is 0 Å². The number of carbonyl (C=O) groups excluding carboxylic acids is 1. The highest BCUT2D eigenvalue weighted by molar-refractivity contribution is 6.03. The average molecular weight is 374 g/mol. The molecule has 0 spiro atoms. The van der Waals surface area contributed by atoms with Crippen LogP contribution in [0.3, 0.4) is 0 Å². The summed E-state index contributed by atoms with van der Waals surface area (Å²) in [4.78, 5) is 39.0. The molecule has 0 aliphatic heterocycles. The quantitative estimate of drug-likeness (QED) is 0.719. The summed E-state index contributed by atoms with van der Waals surface area (Å²) >= 11 is 0. The van der Waals surface area contributed by atoms with Crippen molar-refractivity contribution >= 4 is 11.6 Å². The molecule has 0 radical (unpaired) electrons. The molecule has 1 aromatic heterocycles. The molecule has 2 rings (SSSR count). The van der Waals surface area contributed by atoms with Gasteiger partial charge in [-0.3, -0.25) is 23.6 Å². The van der Waals surface area contributed by atoms with Gasteiger partial charge in [0.05, 0.1) is 12.6 Å². The smallest absolute Gasteiger partial charge is 0.332 e. The van der Waals surface area contributed by atoms with Crippen LogP contribution in [0.5, 0.6) is 5.75 Å². The number of nitrogens with two attached hydrogens (primary N) is 1. The van der Waals surface area contributed by atoms with Crippen LogP contribution in [-0.2, 0) is 20.6 Å². The number of Topliss-reactive ketones (excluding diaryl/α,β-unsaturated/α-hetero) is 1. The van der Waals surface area contributed by atoms with Gasteiger partial charge in [-0.05, 0) is 38.6 Å². The van der Waals surface area contributed by atoms with E-state index in [9.17, 15) is 14.4 Å². The number of rotatable bonds is 7. The first kappa shape index (κ1) is 20.4. The van der Waals surface area contributed by atoms with Crippen LogP contribution >= 0.6 is 0 Å². The number of hydrogen-bond acceptors (Lipinski definition) is 6. The molecule has 8 nitrogen and oxygen atoms in total. The van der Waals surface area contributed by atoms with E-state index in [1.165, 1.54) is 14.1 Å². The molecule has 1 atom stereocenters. The Labute approximate surface area is 157 Å². The third-order valence-corrected chi connectivity index (χ3v) is 4.66. The Morgan fingerprint density at radius 2 is 1.78 bits per heavy atom. The van der Waals surface area contributed by atoms with Gasteiger partial charge in [-0.15, -0.1) is 0 Å². The van der Waals surface area contributed by atoms with Crippen LogP contribution in [0, 0.1) is 0 Å². The molecule has 0 bridgehead atoms. The van der Waals surface area contributed by atoms with Crippen LogP contribution in [0.25, 0.3) is 0 Å². The minimum Gasteiger partial charge on any atom is -0.494 e. The van der Waals surface area contributed by atoms with Gasteiger partial charge in [0.25, 0.3) is 5.56 Å². The largest absolute Gasteiger partial charge is 0.494 e. The Morgan fingerprint density at radius 3 is 2.33 bits per heavy atom. The molecule has 0 saturated heterocycles. The van der Waals surface area contributed by atoms with Crippen LogP contribution in [0.15, 0.2) is 33.9 Å². The molecule has 146 valence electrons. The Kier molecular flexibility index (Phi) is 6.22. The first-order valence-corrected chi connectivity index (χ1v) is 8.70. The highest BCUT2D eigenvalue weighted by atomic mass is 16.5. The molecule has 1 heterocycles. The third-order valence-electron chi connectivity index (χ3n) is 4.66. The van der Waals surface area contributed by atoms with Crippen molar-refractivity contribution in [3.63, 3.8) is 0 Å². The fraction of sp³-hybridized carbons (Fsp3) is 0.421. The summed E-state index contributed by atoms with van der Waals surface area (Å²) in [5, 5.41) is 0. The number of aromatic nitrogens is 2. The van der Waals surface area contributed by atoms with Crippen molar-refractivity contribution in [3.8, 4) is 5.75 Å². The summed E-state index contributed by atoms with van der Waals surface area (Å²) < 4.78 is 7.42. The lowest BCUT2D eigenvalue weighted by atomic mass is 10.1. The fourth-order valence-corrected chi connectivity index (χ4v) is 2.78. The zero-order valence-electron chi connectivity index (χ0n) is 16.4. The van der Waals surface area contributed by atoms with Crippen molar-refractivity contribution in [1.82, 2.24) is 14.0 Å². The number of benzene rings is 1. The van der Waals surface area contributed by atoms with Gasteiger partial charge in [-0.1, -0.05) is 12.1 Å². The van der Waals surface area contributed by atoms with Crippen molar-refractivity contribution in [3.05, 3.63) is 56.2 Å². The normalized spacial score (nSPS) is 12.2. The third kappa shape index (κ3) is 4.11. The molecule has 8 heteroatoms. The fourth-order valence-electron chi connectivity index (χ4n) is 2.78. The number of anilines is 1. The van der Waals surface area contributed by atoms with E-state index in [-0.39, 0.29) is 11.4 Å². The number of ketones is 1. The molecular formula is C19H26N4O4. The molecule has 0 fully saturated rings. The number of ether oxygens (including phenoxy) is 1. The zero-order valence-corrected chi connectivity index (χ0v) is 16.4. The Balaban J connectivity index is 2.24. The van der Waals surface area contributed by atoms with Crippen LogP contribution in [0.1, 0.15) is 29.8 Å². The average Bonchev–Trinajstić information content (AvgIpc) is 2.66. The highest BCUT2D eigenvalue weighted by Gasteiger charge is 2.27. The van der Waals surface area contributed by atoms with E-state index in [4.69, 9.17) is 10.5 Å². The van der Waals surface area contributed by atoms with E-state index in [1.807, 2.05) is 36.1 Å². The molecule has 0 saturated carbocycles. The van der Waals surface area contributed by atoms with Crippen LogP contribution in [-0.4, -0.2) is 39.5 Å². The first-order valence-electron chi connectivity index (χ1n) is 8.70. The maximum atomic E-state index is 12.9. The Bertz CT molecular complexity index is 944. The monoisotopic (exact) mass is 374 g/mol. The van der Waals surface area contributed by atoms with Gasteiger partial charge < -0.3 is 10.5 Å². The van der Waals surface area contributed by atoms with Crippen LogP contribution < -0.4 is 21.7 Å². The lowest BCUT2D eigenvalue weighted by Crippen LogP contribution is -2.45. The topological polar surface area (TPSA) is 99.6 Å². The molecule has 27 heavy (non-hydrogen) atoms. The van der Waals surface area contributed by atoms with E-state index in [2.05, 4.69) is 0 Å². The van der Waals surface area contributed by atoms with Gasteiger partial charge in [0.2, 0.25) is 0 Å². The second-order valence-electron chi connectivity index (χ2n) is 6.50. The maximum absolute atomic E-state index is 12.9. The van der Waals surface area contributed by atoms with Gasteiger partial charge in [0.15, 0.2) is 5.78 Å². The molecule has 1 aromatic carbocycles. The van der Waals surface area contributed by atoms with Crippen molar-refractivity contribution in [2.75, 3.05) is 19.4 Å². The molecular weight excluding hydrogens is 348 g/mol. The number of nitrogens with zero attached hydrogens (tertiary/aromatic N) is 3. The molecule has 0 aliphatic rings. The second-order valence-corrected chi connectivity index (χ2v) is 6.50. The second kappa shape index (κ2) is 8.22. The molecule has 1 unspecified atom stereocenters. The summed E-state index contributed by atoms with van der Waals surface area (Å²) in [6.07, 6.45) is 0. The maximum Gasteiger partial charge on any atom is 0.332 e. The molecule has 0 aliphatic carbocycles. The lowest BCUT2D eigenvalue weighted by molar-refractivity contribution is 0.0860. The minimum atomic E-state index is -0.679. The van der Waals surface area contributed by atoms with Gasteiger partial charge in [0, 0.05) is 20.6 Å². The molecule has 2 N–H and O–H groups in total. The van der Waals surface area contributed by atoms with Gasteiger partial charge in [0.1, 0.15) is 17.1 Å². The van der Waals surface area contributed by atoms with E-state index >= 15 is 0 Å². The zero-order chi connectivity index (χ0) is 20.3. The predicted molar refractivity (Wildman–Crippen MR) is 104 cm³/mol. The summed E-state index contributed by atoms with van der Waals surface area (Å²) in [6, 6.07) is 7.01. The Morgan fingerprint density at radius 1 is 1.19 bits per heavy atom. The summed E-state index contributed by atoms with van der Waals surface area (Å²) in [5.74, 6) is 0.251. The van der Waals surface area contributed by atoms with E-state index in [0.717, 1.165) is 20.4 Å². The summed E-state index contributed by atoms with van der Waals surface area (Å²) in [7, 11) is 4.55. The Hall–Kier alpha value is -2.87. The van der Waals surface area contributed by atoms with E-state index in [1.54, 1.807) is 14.0 Å². The summed E-state index contributed by atoms with van der Waals surface area (Å²) in [6.45, 7) is 4.73. The van der Waals surface area contributed by atoms with E-state index in [0.29, 0.717) is 13.2 Å². The van der Waals surface area contributed by atoms with E-state index < -0.39 is 23.1 Å². The SMILES string of the molecule is CCOc1ccc(CN(C)C(C)C(=O)c2c(N)n(C)c(=O)n(C)c2=O)cc1. The van der Waals surface area contributed by atoms with Crippen molar-refractivity contribution in [2.24, 2.45) is 14.1 Å². The van der Waals surface area contributed by atoms with Gasteiger partial charge in [-0.2, -0.15) is 0 Å². The van der Waals surface area contributed by atoms with Gasteiger partial charge >= 0.3 is 5.69 Å². The lowest BCUT2D eigenvalue weighted by Gasteiger charge is -2.24. The standard InChI is InChI=1S/C19H26N4O4/c1-6-27-14-9-7-13(8-10-14)11-21(3)12(2)16(24)15-17(20)22(4)19(26)23(5)18(15)25/h7-10,12H,6,11,20H2,1-5H3. The van der Waals surface area contributed by atoms with Gasteiger partial charge in [-0.25, -0.2) is 4.79 Å². The summed E-state index contributed by atoms with van der Waals surface area (Å²) in [5.41, 5.74) is 5.48. The minimum absolute atomic E-state index is 0.116. The predicted octanol–water partition coefficient (Wildman–Crippen LogP) is 0.768.